The van der Waals surface area contributed by atoms with Crippen molar-refractivity contribution in [2.75, 3.05) is 39.3 Å². The Morgan fingerprint density at radius 3 is 2.52 bits per heavy atom. The van der Waals surface area contributed by atoms with Crippen molar-refractivity contribution in [3.8, 4) is 0 Å². The number of urea groups is 1. The van der Waals surface area contributed by atoms with Crippen LogP contribution in [-0.2, 0) is 4.79 Å². The van der Waals surface area contributed by atoms with Crippen molar-refractivity contribution in [2.45, 2.75) is 13.3 Å². The van der Waals surface area contributed by atoms with E-state index in [1.807, 2.05) is 11.8 Å². The number of nitrogens with zero attached hydrogens (tertiary/aromatic N) is 2. The minimum atomic E-state index is -0.471. The van der Waals surface area contributed by atoms with Crippen molar-refractivity contribution in [1.29, 1.82) is 0 Å². The molecule has 0 saturated carbocycles. The standard InChI is InChI=1S/C17H23ClN4O3/c1-2-6-19-17(25)20-15(23)12-21-7-9-22(10-8-21)16(24)13-4-3-5-14(18)11-13/h3-5,11H,2,6-10,12H2,1H3,(H2,19,20,23,25). The fourth-order valence-electron chi connectivity index (χ4n) is 2.57. The molecular formula is C17H23ClN4O3. The van der Waals surface area contributed by atoms with Gasteiger partial charge >= 0.3 is 6.03 Å². The normalized spacial score (nSPS) is 14.9. The minimum Gasteiger partial charge on any atom is -0.338 e. The van der Waals surface area contributed by atoms with Crippen LogP contribution < -0.4 is 10.6 Å². The molecule has 0 aromatic heterocycles. The number of piperazine rings is 1. The first-order valence-corrected chi connectivity index (χ1v) is 8.72. The monoisotopic (exact) mass is 366 g/mol. The highest BCUT2D eigenvalue weighted by Crippen LogP contribution is 2.14. The summed E-state index contributed by atoms with van der Waals surface area (Å²) in [5, 5.41) is 5.42. The van der Waals surface area contributed by atoms with Gasteiger partial charge < -0.3 is 10.2 Å². The van der Waals surface area contributed by atoms with E-state index in [9.17, 15) is 14.4 Å². The number of carbonyl (C=O) groups is 3. The SMILES string of the molecule is CCCNC(=O)NC(=O)CN1CCN(C(=O)c2cccc(Cl)c2)CC1. The zero-order chi connectivity index (χ0) is 18.2. The summed E-state index contributed by atoms with van der Waals surface area (Å²) in [6.07, 6.45) is 0.810. The van der Waals surface area contributed by atoms with Crippen LogP contribution in [0.15, 0.2) is 24.3 Å². The molecule has 136 valence electrons. The number of carbonyl (C=O) groups excluding carboxylic acids is 3. The highest BCUT2D eigenvalue weighted by Gasteiger charge is 2.23. The first kappa shape index (κ1) is 19.2. The maximum absolute atomic E-state index is 12.4. The maximum atomic E-state index is 12.4. The second kappa shape index (κ2) is 9.39. The van der Waals surface area contributed by atoms with Crippen molar-refractivity contribution in [1.82, 2.24) is 20.4 Å². The Kier molecular flexibility index (Phi) is 7.21. The molecule has 0 spiro atoms. The van der Waals surface area contributed by atoms with Gasteiger partial charge in [-0.1, -0.05) is 24.6 Å². The molecule has 2 N–H and O–H groups in total. The Hall–Kier alpha value is -2.12. The van der Waals surface area contributed by atoms with E-state index in [4.69, 9.17) is 11.6 Å². The molecule has 1 aliphatic rings. The van der Waals surface area contributed by atoms with Gasteiger partial charge in [0.05, 0.1) is 6.54 Å². The van der Waals surface area contributed by atoms with Gasteiger partial charge in [0.2, 0.25) is 5.91 Å². The molecule has 25 heavy (non-hydrogen) atoms. The van der Waals surface area contributed by atoms with E-state index in [0.717, 1.165) is 6.42 Å². The van der Waals surface area contributed by atoms with Crippen molar-refractivity contribution >= 4 is 29.4 Å². The lowest BCUT2D eigenvalue weighted by Crippen LogP contribution is -2.52. The molecule has 0 radical (unpaired) electrons. The Morgan fingerprint density at radius 1 is 1.16 bits per heavy atom. The van der Waals surface area contributed by atoms with Crippen LogP contribution in [0, 0.1) is 0 Å². The number of halogens is 1. The predicted octanol–water partition coefficient (Wildman–Crippen LogP) is 1.33. The van der Waals surface area contributed by atoms with E-state index in [1.54, 1.807) is 29.2 Å². The summed E-state index contributed by atoms with van der Waals surface area (Å²) in [6.45, 7) is 4.82. The van der Waals surface area contributed by atoms with Crippen LogP contribution >= 0.6 is 11.6 Å². The molecule has 7 nitrogen and oxygen atoms in total. The lowest BCUT2D eigenvalue weighted by atomic mass is 10.2. The van der Waals surface area contributed by atoms with Gasteiger partial charge in [-0.2, -0.15) is 0 Å². The molecular weight excluding hydrogens is 344 g/mol. The van der Waals surface area contributed by atoms with E-state index in [-0.39, 0.29) is 18.4 Å². The zero-order valence-corrected chi connectivity index (χ0v) is 15.0. The molecule has 1 saturated heterocycles. The van der Waals surface area contributed by atoms with Crippen molar-refractivity contribution in [2.24, 2.45) is 0 Å². The first-order valence-electron chi connectivity index (χ1n) is 8.34. The summed E-state index contributed by atoms with van der Waals surface area (Å²) in [6, 6.07) is 6.40. The van der Waals surface area contributed by atoms with Crippen LogP contribution in [0.4, 0.5) is 4.79 Å². The Balaban J connectivity index is 1.76. The number of benzene rings is 1. The molecule has 4 amide bonds. The van der Waals surface area contributed by atoms with E-state index in [2.05, 4.69) is 10.6 Å². The quantitative estimate of drug-likeness (QED) is 0.823. The second-order valence-electron chi connectivity index (χ2n) is 5.88. The molecule has 0 unspecified atom stereocenters. The van der Waals surface area contributed by atoms with E-state index >= 15 is 0 Å². The third-order valence-corrected chi connectivity index (χ3v) is 4.12. The summed E-state index contributed by atoms with van der Waals surface area (Å²) in [5.41, 5.74) is 0.561. The van der Waals surface area contributed by atoms with Gasteiger partial charge in [0.15, 0.2) is 0 Å². The fourth-order valence-corrected chi connectivity index (χ4v) is 2.76. The molecule has 0 atom stereocenters. The van der Waals surface area contributed by atoms with Gasteiger partial charge in [0, 0.05) is 43.3 Å². The summed E-state index contributed by atoms with van der Waals surface area (Å²) >= 11 is 5.93. The summed E-state index contributed by atoms with van der Waals surface area (Å²) in [7, 11) is 0. The maximum Gasteiger partial charge on any atom is 0.321 e. The van der Waals surface area contributed by atoms with Gasteiger partial charge in [0.1, 0.15) is 0 Å². The Morgan fingerprint density at radius 2 is 1.88 bits per heavy atom. The van der Waals surface area contributed by atoms with Crippen LogP contribution in [0.5, 0.6) is 0 Å². The number of hydrogen-bond donors (Lipinski definition) is 2. The number of imide groups is 1. The minimum absolute atomic E-state index is 0.0643. The highest BCUT2D eigenvalue weighted by molar-refractivity contribution is 6.30. The van der Waals surface area contributed by atoms with E-state index in [1.165, 1.54) is 0 Å². The van der Waals surface area contributed by atoms with Gasteiger partial charge in [-0.3, -0.25) is 19.8 Å². The average Bonchev–Trinajstić information content (AvgIpc) is 2.60. The molecule has 2 rings (SSSR count). The van der Waals surface area contributed by atoms with Crippen molar-refractivity contribution in [3.63, 3.8) is 0 Å². The predicted molar refractivity (Wildman–Crippen MR) is 95.6 cm³/mol. The van der Waals surface area contributed by atoms with Crippen molar-refractivity contribution in [3.05, 3.63) is 34.9 Å². The Bertz CT molecular complexity index is 630. The van der Waals surface area contributed by atoms with Crippen LogP contribution in [0.3, 0.4) is 0 Å². The van der Waals surface area contributed by atoms with Gasteiger partial charge in [-0.05, 0) is 24.6 Å². The number of hydrogen-bond acceptors (Lipinski definition) is 4. The Labute approximate surface area is 152 Å². The van der Waals surface area contributed by atoms with Gasteiger partial charge in [-0.15, -0.1) is 0 Å². The molecule has 0 bridgehead atoms. The zero-order valence-electron chi connectivity index (χ0n) is 14.3. The van der Waals surface area contributed by atoms with Crippen LogP contribution in [-0.4, -0.2) is 66.9 Å². The largest absolute Gasteiger partial charge is 0.338 e. The van der Waals surface area contributed by atoms with Crippen LogP contribution in [0.2, 0.25) is 5.02 Å². The topological polar surface area (TPSA) is 81.8 Å². The molecule has 1 heterocycles. The van der Waals surface area contributed by atoms with Crippen LogP contribution in [0.1, 0.15) is 23.7 Å². The van der Waals surface area contributed by atoms with Crippen molar-refractivity contribution < 1.29 is 14.4 Å². The molecule has 1 fully saturated rings. The van der Waals surface area contributed by atoms with Gasteiger partial charge in [-0.25, -0.2) is 4.79 Å². The van der Waals surface area contributed by atoms with E-state index in [0.29, 0.717) is 43.3 Å². The lowest BCUT2D eigenvalue weighted by Gasteiger charge is -2.34. The summed E-state index contributed by atoms with van der Waals surface area (Å²) < 4.78 is 0. The molecule has 1 aromatic carbocycles. The summed E-state index contributed by atoms with van der Waals surface area (Å²) in [4.78, 5) is 39.4. The second-order valence-corrected chi connectivity index (χ2v) is 6.32. The highest BCUT2D eigenvalue weighted by atomic mass is 35.5. The third kappa shape index (κ3) is 6.03. The molecule has 1 aliphatic heterocycles. The third-order valence-electron chi connectivity index (χ3n) is 3.89. The summed E-state index contributed by atoms with van der Waals surface area (Å²) in [5.74, 6) is -0.409. The molecule has 0 aliphatic carbocycles. The lowest BCUT2D eigenvalue weighted by molar-refractivity contribution is -0.121. The smallest absolute Gasteiger partial charge is 0.321 e. The first-order chi connectivity index (χ1) is 12.0. The molecule has 1 aromatic rings. The number of amides is 4. The van der Waals surface area contributed by atoms with Crippen LogP contribution in [0.25, 0.3) is 0 Å². The number of nitrogens with one attached hydrogen (secondary N) is 2. The fraction of sp³-hybridized carbons (Fsp3) is 0.471. The molecule has 8 heteroatoms. The van der Waals surface area contributed by atoms with Gasteiger partial charge in [0.25, 0.3) is 5.91 Å². The number of rotatable bonds is 5. The van der Waals surface area contributed by atoms with E-state index < -0.39 is 6.03 Å². The average molecular weight is 367 g/mol.